The van der Waals surface area contributed by atoms with Crippen molar-refractivity contribution in [1.82, 2.24) is 4.72 Å². The predicted octanol–water partition coefficient (Wildman–Crippen LogP) is 4.87. The maximum absolute atomic E-state index is 12.8. The summed E-state index contributed by atoms with van der Waals surface area (Å²) in [6, 6.07) is 9.20. The first-order chi connectivity index (χ1) is 13.8. The molecule has 0 unspecified atom stereocenters. The molecule has 0 aromatic heterocycles. The van der Waals surface area contributed by atoms with Crippen LogP contribution in [0.4, 0.5) is 5.69 Å². The van der Waals surface area contributed by atoms with Gasteiger partial charge in [-0.15, -0.1) is 0 Å². The molecule has 0 spiro atoms. The minimum absolute atomic E-state index is 0.0248. The first-order valence-electron chi connectivity index (χ1n) is 9.35. The molecule has 0 saturated heterocycles. The van der Waals surface area contributed by atoms with Crippen LogP contribution in [0.5, 0.6) is 5.75 Å². The topological polar surface area (TPSA) is 84.5 Å². The molecule has 2 N–H and O–H groups in total. The fourth-order valence-corrected chi connectivity index (χ4v) is 5.40. The highest BCUT2D eigenvalue weighted by Crippen LogP contribution is 2.30. The third-order valence-electron chi connectivity index (χ3n) is 4.66. The van der Waals surface area contributed by atoms with Crippen molar-refractivity contribution >= 4 is 44.8 Å². The largest absolute Gasteiger partial charge is 0.494 e. The van der Waals surface area contributed by atoms with Gasteiger partial charge in [0.15, 0.2) is 0 Å². The van der Waals surface area contributed by atoms with Gasteiger partial charge in [0.25, 0.3) is 5.91 Å². The minimum Gasteiger partial charge on any atom is -0.494 e. The lowest BCUT2D eigenvalue weighted by atomic mass is 10.2. The van der Waals surface area contributed by atoms with Crippen LogP contribution < -0.4 is 14.8 Å². The summed E-state index contributed by atoms with van der Waals surface area (Å²) < 4.78 is 33.6. The standard InChI is InChI=1S/C20H22Cl2N2O4S/c1-2-28-15-9-7-13(8-10-15)23-20(25)16-11-19(18(22)12-17(16)21)29(26,27)24-14-5-3-4-6-14/h7-12,14,24H,2-6H2,1H3,(H,23,25). The Kier molecular flexibility index (Phi) is 7.05. The van der Waals surface area contributed by atoms with E-state index in [0.29, 0.717) is 18.0 Å². The van der Waals surface area contributed by atoms with Crippen LogP contribution in [0.2, 0.25) is 10.0 Å². The van der Waals surface area contributed by atoms with Crippen LogP contribution in [-0.4, -0.2) is 27.0 Å². The molecule has 1 amide bonds. The molecule has 6 nitrogen and oxygen atoms in total. The Morgan fingerprint density at radius 1 is 1.10 bits per heavy atom. The highest BCUT2D eigenvalue weighted by Gasteiger charge is 2.27. The summed E-state index contributed by atoms with van der Waals surface area (Å²) in [4.78, 5) is 12.5. The number of carbonyl (C=O) groups is 1. The number of nitrogens with one attached hydrogen (secondary N) is 2. The Morgan fingerprint density at radius 3 is 2.38 bits per heavy atom. The first kappa shape index (κ1) is 21.9. The van der Waals surface area contributed by atoms with E-state index in [1.807, 2.05) is 6.92 Å². The second-order valence-electron chi connectivity index (χ2n) is 6.78. The molecule has 0 aliphatic heterocycles. The number of anilines is 1. The van der Waals surface area contributed by atoms with Crippen molar-refractivity contribution in [2.75, 3.05) is 11.9 Å². The summed E-state index contributed by atoms with van der Waals surface area (Å²) in [5, 5.41) is 2.74. The van der Waals surface area contributed by atoms with E-state index in [4.69, 9.17) is 27.9 Å². The second kappa shape index (κ2) is 9.34. The number of rotatable bonds is 7. The van der Waals surface area contributed by atoms with Gasteiger partial charge >= 0.3 is 0 Å². The van der Waals surface area contributed by atoms with Crippen molar-refractivity contribution in [1.29, 1.82) is 0 Å². The van der Waals surface area contributed by atoms with Gasteiger partial charge in [0.1, 0.15) is 10.6 Å². The first-order valence-corrected chi connectivity index (χ1v) is 11.6. The third-order valence-corrected chi connectivity index (χ3v) is 6.95. The van der Waals surface area contributed by atoms with E-state index in [0.717, 1.165) is 25.7 Å². The zero-order chi connectivity index (χ0) is 21.0. The second-order valence-corrected chi connectivity index (χ2v) is 9.27. The van der Waals surface area contributed by atoms with Crippen LogP contribution in [0.15, 0.2) is 41.3 Å². The predicted molar refractivity (Wildman–Crippen MR) is 115 cm³/mol. The molecule has 2 aromatic rings. The molecular formula is C20H22Cl2N2O4S. The van der Waals surface area contributed by atoms with Gasteiger partial charge in [-0.05, 0) is 56.2 Å². The average molecular weight is 457 g/mol. The molecule has 2 aromatic carbocycles. The Hall–Kier alpha value is -1.80. The van der Waals surface area contributed by atoms with Crippen molar-refractivity contribution < 1.29 is 17.9 Å². The molecule has 0 radical (unpaired) electrons. The monoisotopic (exact) mass is 456 g/mol. The number of amides is 1. The fourth-order valence-electron chi connectivity index (χ4n) is 3.24. The zero-order valence-electron chi connectivity index (χ0n) is 15.9. The van der Waals surface area contributed by atoms with E-state index >= 15 is 0 Å². The van der Waals surface area contributed by atoms with Crippen LogP contribution in [0.3, 0.4) is 0 Å². The molecule has 0 atom stereocenters. The van der Waals surface area contributed by atoms with Crippen molar-refractivity contribution in [3.8, 4) is 5.75 Å². The summed E-state index contributed by atoms with van der Waals surface area (Å²) in [6.45, 7) is 2.42. The molecule has 1 saturated carbocycles. The molecular weight excluding hydrogens is 435 g/mol. The summed E-state index contributed by atoms with van der Waals surface area (Å²) in [7, 11) is -3.87. The Morgan fingerprint density at radius 2 is 1.76 bits per heavy atom. The fraction of sp³-hybridized carbons (Fsp3) is 0.350. The lowest BCUT2D eigenvalue weighted by molar-refractivity contribution is 0.102. The van der Waals surface area contributed by atoms with Crippen LogP contribution in [0.1, 0.15) is 43.0 Å². The Labute approximate surface area is 180 Å². The van der Waals surface area contributed by atoms with Crippen LogP contribution in [0.25, 0.3) is 0 Å². The lowest BCUT2D eigenvalue weighted by Gasteiger charge is -2.15. The van der Waals surface area contributed by atoms with Gasteiger partial charge in [0.2, 0.25) is 10.0 Å². The number of halogens is 2. The van der Waals surface area contributed by atoms with Gasteiger partial charge in [-0.2, -0.15) is 0 Å². The highest BCUT2D eigenvalue weighted by molar-refractivity contribution is 7.89. The number of ether oxygens (including phenoxy) is 1. The maximum Gasteiger partial charge on any atom is 0.257 e. The maximum atomic E-state index is 12.8. The van der Waals surface area contributed by atoms with Crippen molar-refractivity contribution in [3.05, 3.63) is 52.0 Å². The number of sulfonamides is 1. The number of carbonyl (C=O) groups excluding carboxylic acids is 1. The smallest absolute Gasteiger partial charge is 0.257 e. The summed E-state index contributed by atoms with van der Waals surface area (Å²) >= 11 is 12.3. The van der Waals surface area contributed by atoms with Crippen molar-refractivity contribution in [3.63, 3.8) is 0 Å². The molecule has 0 heterocycles. The minimum atomic E-state index is -3.87. The quantitative estimate of drug-likeness (QED) is 0.622. The molecule has 9 heteroatoms. The van der Waals surface area contributed by atoms with E-state index in [1.165, 1.54) is 12.1 Å². The molecule has 156 valence electrons. The number of hydrogen-bond acceptors (Lipinski definition) is 4. The van der Waals surface area contributed by atoms with Crippen LogP contribution in [0, 0.1) is 0 Å². The molecule has 1 fully saturated rings. The summed E-state index contributed by atoms with van der Waals surface area (Å²) in [5.74, 6) is 0.148. The van der Waals surface area contributed by atoms with E-state index in [1.54, 1.807) is 24.3 Å². The van der Waals surface area contributed by atoms with Gasteiger partial charge in [-0.3, -0.25) is 4.79 Å². The van der Waals surface area contributed by atoms with E-state index < -0.39 is 15.9 Å². The molecule has 0 bridgehead atoms. The van der Waals surface area contributed by atoms with E-state index in [9.17, 15) is 13.2 Å². The average Bonchev–Trinajstić information content (AvgIpc) is 3.15. The Balaban J connectivity index is 1.83. The van der Waals surface area contributed by atoms with Crippen LogP contribution >= 0.6 is 23.2 Å². The summed E-state index contributed by atoms with van der Waals surface area (Å²) in [6.07, 6.45) is 3.54. The van der Waals surface area contributed by atoms with Gasteiger partial charge in [-0.25, -0.2) is 13.1 Å². The number of hydrogen-bond donors (Lipinski definition) is 2. The SMILES string of the molecule is CCOc1ccc(NC(=O)c2cc(S(=O)(=O)NC3CCCC3)c(Cl)cc2Cl)cc1. The van der Waals surface area contributed by atoms with Gasteiger partial charge in [0, 0.05) is 11.7 Å². The normalized spacial score (nSPS) is 14.7. The van der Waals surface area contributed by atoms with Gasteiger partial charge in [0.05, 0.1) is 22.2 Å². The molecule has 29 heavy (non-hydrogen) atoms. The highest BCUT2D eigenvalue weighted by atomic mass is 35.5. The van der Waals surface area contributed by atoms with E-state index in [2.05, 4.69) is 10.0 Å². The third kappa shape index (κ3) is 5.42. The van der Waals surface area contributed by atoms with Crippen molar-refractivity contribution in [2.45, 2.75) is 43.5 Å². The summed E-state index contributed by atoms with van der Waals surface area (Å²) in [5.41, 5.74) is 0.551. The lowest BCUT2D eigenvalue weighted by Crippen LogP contribution is -2.33. The molecule has 1 aliphatic rings. The van der Waals surface area contributed by atoms with Gasteiger partial charge < -0.3 is 10.1 Å². The van der Waals surface area contributed by atoms with Gasteiger partial charge in [-0.1, -0.05) is 36.0 Å². The zero-order valence-corrected chi connectivity index (χ0v) is 18.2. The number of benzene rings is 2. The Bertz CT molecular complexity index is 988. The van der Waals surface area contributed by atoms with E-state index in [-0.39, 0.29) is 26.5 Å². The van der Waals surface area contributed by atoms with Crippen molar-refractivity contribution in [2.24, 2.45) is 0 Å². The molecule has 1 aliphatic carbocycles. The van der Waals surface area contributed by atoms with Crippen LogP contribution in [-0.2, 0) is 10.0 Å². The molecule has 3 rings (SSSR count).